The second kappa shape index (κ2) is 6.32. The van der Waals surface area contributed by atoms with Gasteiger partial charge >= 0.3 is 5.63 Å². The summed E-state index contributed by atoms with van der Waals surface area (Å²) in [4.78, 5) is 11.6. The van der Waals surface area contributed by atoms with Gasteiger partial charge in [-0.25, -0.2) is 4.79 Å². The summed E-state index contributed by atoms with van der Waals surface area (Å²) < 4.78 is 21.5. The molecule has 0 N–H and O–H groups in total. The van der Waals surface area contributed by atoms with Gasteiger partial charge in [0.2, 0.25) is 5.76 Å². The molecule has 0 atom stereocenters. The summed E-state index contributed by atoms with van der Waals surface area (Å²) in [5.41, 5.74) is 1.74. The van der Waals surface area contributed by atoms with Gasteiger partial charge in [-0.1, -0.05) is 12.1 Å². The normalized spacial score (nSPS) is 11.1. The van der Waals surface area contributed by atoms with Crippen LogP contribution in [0.3, 0.4) is 0 Å². The largest absolute Gasteiger partial charge is 0.487 e. The molecule has 3 aromatic heterocycles. The zero-order valence-corrected chi connectivity index (χ0v) is 13.5. The first-order chi connectivity index (χ1) is 12.2. The molecule has 4 rings (SSSR count). The number of nitrogens with zero attached hydrogens (tertiary/aromatic N) is 1. The van der Waals surface area contributed by atoms with Gasteiger partial charge in [0, 0.05) is 23.6 Å². The lowest BCUT2D eigenvalue weighted by Gasteiger charge is -2.06. The van der Waals surface area contributed by atoms with Crippen molar-refractivity contribution < 1.29 is 18.1 Å². The topological polar surface area (TPSA) is 78.6 Å². The minimum absolute atomic E-state index is 0.230. The fourth-order valence-electron chi connectivity index (χ4n) is 2.66. The second-order valence-corrected chi connectivity index (χ2v) is 5.55. The SMILES string of the molecule is CCc1cc(=O)oc2cc(OCc3cc(-c4ccco4)on3)ccc12. The van der Waals surface area contributed by atoms with Crippen LogP contribution in [0, 0.1) is 0 Å². The Bertz CT molecular complexity index is 1060. The van der Waals surface area contributed by atoms with Gasteiger partial charge in [-0.05, 0) is 36.2 Å². The Morgan fingerprint density at radius 1 is 1.12 bits per heavy atom. The van der Waals surface area contributed by atoms with Crippen molar-refractivity contribution in [3.63, 3.8) is 0 Å². The van der Waals surface area contributed by atoms with E-state index >= 15 is 0 Å². The van der Waals surface area contributed by atoms with E-state index in [1.807, 2.05) is 19.1 Å². The molecule has 0 spiro atoms. The Balaban J connectivity index is 1.54. The molecule has 0 saturated heterocycles. The van der Waals surface area contributed by atoms with Gasteiger partial charge in [0.05, 0.1) is 6.26 Å². The van der Waals surface area contributed by atoms with E-state index in [1.54, 1.807) is 30.5 Å². The van der Waals surface area contributed by atoms with E-state index in [2.05, 4.69) is 5.16 Å². The predicted molar refractivity (Wildman–Crippen MR) is 90.4 cm³/mol. The van der Waals surface area contributed by atoms with Crippen molar-refractivity contribution in [2.24, 2.45) is 0 Å². The van der Waals surface area contributed by atoms with Crippen molar-refractivity contribution in [1.82, 2.24) is 5.16 Å². The first-order valence-electron chi connectivity index (χ1n) is 7.92. The highest BCUT2D eigenvalue weighted by Crippen LogP contribution is 2.25. The maximum atomic E-state index is 11.6. The highest BCUT2D eigenvalue weighted by Gasteiger charge is 2.10. The third kappa shape index (κ3) is 3.06. The van der Waals surface area contributed by atoms with E-state index in [9.17, 15) is 4.79 Å². The number of aromatic nitrogens is 1. The molecule has 0 bridgehead atoms. The number of ether oxygens (including phenoxy) is 1. The maximum absolute atomic E-state index is 11.6. The van der Waals surface area contributed by atoms with Crippen molar-refractivity contribution in [2.45, 2.75) is 20.0 Å². The van der Waals surface area contributed by atoms with Crippen LogP contribution in [0.4, 0.5) is 0 Å². The summed E-state index contributed by atoms with van der Waals surface area (Å²) in [6.07, 6.45) is 2.33. The molecule has 0 fully saturated rings. The van der Waals surface area contributed by atoms with Gasteiger partial charge in [0.15, 0.2) is 5.76 Å². The third-order valence-corrected chi connectivity index (χ3v) is 3.89. The van der Waals surface area contributed by atoms with Gasteiger partial charge < -0.3 is 18.1 Å². The molecule has 0 aliphatic heterocycles. The van der Waals surface area contributed by atoms with E-state index in [4.69, 9.17) is 18.1 Å². The number of aryl methyl sites for hydroxylation is 1. The van der Waals surface area contributed by atoms with Crippen LogP contribution >= 0.6 is 0 Å². The Hall–Kier alpha value is -3.28. The molecule has 0 aliphatic rings. The molecule has 126 valence electrons. The molecule has 6 heteroatoms. The van der Waals surface area contributed by atoms with Crippen LogP contribution in [-0.2, 0) is 13.0 Å². The van der Waals surface area contributed by atoms with Crippen molar-refractivity contribution in [2.75, 3.05) is 0 Å². The fourth-order valence-corrected chi connectivity index (χ4v) is 2.66. The maximum Gasteiger partial charge on any atom is 0.336 e. The molecule has 0 radical (unpaired) electrons. The van der Waals surface area contributed by atoms with E-state index in [1.165, 1.54) is 6.07 Å². The summed E-state index contributed by atoms with van der Waals surface area (Å²) in [5, 5.41) is 4.87. The molecular formula is C19H15NO5. The van der Waals surface area contributed by atoms with Crippen LogP contribution < -0.4 is 10.4 Å². The fraction of sp³-hybridized carbons (Fsp3) is 0.158. The average Bonchev–Trinajstić information content (AvgIpc) is 3.30. The Morgan fingerprint density at radius 2 is 2.04 bits per heavy atom. The summed E-state index contributed by atoms with van der Waals surface area (Å²) in [6, 6.07) is 12.3. The molecular weight excluding hydrogens is 322 g/mol. The number of benzene rings is 1. The van der Waals surface area contributed by atoms with Gasteiger partial charge in [-0.15, -0.1) is 0 Å². The van der Waals surface area contributed by atoms with E-state index in [-0.39, 0.29) is 12.2 Å². The van der Waals surface area contributed by atoms with Crippen LogP contribution in [0.15, 0.2) is 66.9 Å². The monoisotopic (exact) mass is 337 g/mol. The minimum atomic E-state index is -0.360. The highest BCUT2D eigenvalue weighted by molar-refractivity contribution is 5.81. The average molecular weight is 337 g/mol. The molecule has 25 heavy (non-hydrogen) atoms. The van der Waals surface area contributed by atoms with Crippen LogP contribution in [0.25, 0.3) is 22.5 Å². The highest BCUT2D eigenvalue weighted by atomic mass is 16.5. The summed E-state index contributed by atoms with van der Waals surface area (Å²) in [5.74, 6) is 1.74. The zero-order chi connectivity index (χ0) is 17.2. The molecule has 0 amide bonds. The summed E-state index contributed by atoms with van der Waals surface area (Å²) >= 11 is 0. The Kier molecular flexibility index (Phi) is 3.85. The van der Waals surface area contributed by atoms with Gasteiger partial charge in [0.1, 0.15) is 23.6 Å². The molecule has 6 nitrogen and oxygen atoms in total. The molecule has 3 heterocycles. The van der Waals surface area contributed by atoms with Crippen LogP contribution in [0.2, 0.25) is 0 Å². The first-order valence-corrected chi connectivity index (χ1v) is 7.92. The molecule has 0 unspecified atom stereocenters. The molecule has 0 saturated carbocycles. The lowest BCUT2D eigenvalue weighted by Crippen LogP contribution is -2.00. The molecule has 1 aromatic carbocycles. The number of fused-ring (bicyclic) bond motifs is 1. The zero-order valence-electron chi connectivity index (χ0n) is 13.5. The van der Waals surface area contributed by atoms with Crippen molar-refractivity contribution in [1.29, 1.82) is 0 Å². The smallest absolute Gasteiger partial charge is 0.336 e. The lowest BCUT2D eigenvalue weighted by atomic mass is 10.1. The van der Waals surface area contributed by atoms with Crippen LogP contribution in [0.5, 0.6) is 5.75 Å². The predicted octanol–water partition coefficient (Wildman–Crippen LogP) is 4.18. The van der Waals surface area contributed by atoms with Crippen LogP contribution in [-0.4, -0.2) is 5.16 Å². The third-order valence-electron chi connectivity index (χ3n) is 3.89. The first kappa shape index (κ1) is 15.3. The number of hydrogen-bond donors (Lipinski definition) is 0. The Morgan fingerprint density at radius 3 is 2.84 bits per heavy atom. The number of furan rings is 1. The van der Waals surface area contributed by atoms with Crippen molar-refractivity contribution in [3.8, 4) is 17.3 Å². The van der Waals surface area contributed by atoms with E-state index < -0.39 is 0 Å². The van der Waals surface area contributed by atoms with Crippen LogP contribution in [0.1, 0.15) is 18.2 Å². The summed E-state index contributed by atoms with van der Waals surface area (Å²) in [7, 11) is 0. The van der Waals surface area contributed by atoms with Crippen molar-refractivity contribution in [3.05, 3.63) is 70.4 Å². The number of rotatable bonds is 5. The van der Waals surface area contributed by atoms with Crippen molar-refractivity contribution >= 4 is 11.0 Å². The molecule has 0 aliphatic carbocycles. The minimum Gasteiger partial charge on any atom is -0.487 e. The lowest BCUT2D eigenvalue weighted by molar-refractivity contribution is 0.289. The quantitative estimate of drug-likeness (QED) is 0.508. The second-order valence-electron chi connectivity index (χ2n) is 5.55. The summed E-state index contributed by atoms with van der Waals surface area (Å²) in [6.45, 7) is 2.23. The molecule has 4 aromatic rings. The van der Waals surface area contributed by atoms with Gasteiger partial charge in [-0.2, -0.15) is 0 Å². The van der Waals surface area contributed by atoms with E-state index in [0.29, 0.717) is 28.5 Å². The standard InChI is InChI=1S/C19H15NO5/c1-2-12-8-19(21)24-17-10-14(5-6-15(12)17)23-11-13-9-18(25-20-13)16-4-3-7-22-16/h3-10H,2,11H2,1H3. The van der Waals surface area contributed by atoms with E-state index in [0.717, 1.165) is 17.4 Å². The number of hydrogen-bond acceptors (Lipinski definition) is 6. The Labute approximate surface area is 142 Å². The van der Waals surface area contributed by atoms with Gasteiger partial charge in [0.25, 0.3) is 0 Å². The van der Waals surface area contributed by atoms with Gasteiger partial charge in [-0.3, -0.25) is 0 Å².